The number of aryl methyl sites for hydroxylation is 1. The van der Waals surface area contributed by atoms with Crippen molar-refractivity contribution in [1.29, 1.82) is 0 Å². The Morgan fingerprint density at radius 1 is 1.42 bits per heavy atom. The van der Waals surface area contributed by atoms with Crippen LogP contribution in [0.3, 0.4) is 0 Å². The van der Waals surface area contributed by atoms with E-state index < -0.39 is 5.54 Å². The van der Waals surface area contributed by atoms with Crippen LogP contribution in [0, 0.1) is 6.92 Å². The summed E-state index contributed by atoms with van der Waals surface area (Å²) in [6.45, 7) is 2.96. The molecular weight excluding hydrogens is 289 g/mol. The molecule has 1 saturated heterocycles. The zero-order valence-electron chi connectivity index (χ0n) is 10.7. The molecule has 0 aromatic carbocycles. The third-order valence-electron chi connectivity index (χ3n) is 2.99. The SMILES string of the molecule is Cc1cc(NC(=O)C2(N)CCOCC2)ccn1.Cl.Cl. The second-order valence-corrected chi connectivity index (χ2v) is 4.41. The molecule has 1 fully saturated rings. The third kappa shape index (κ3) is 4.62. The van der Waals surface area contributed by atoms with Gasteiger partial charge in [0.05, 0.1) is 0 Å². The van der Waals surface area contributed by atoms with E-state index in [1.54, 1.807) is 12.3 Å². The van der Waals surface area contributed by atoms with Crippen molar-refractivity contribution < 1.29 is 9.53 Å². The minimum absolute atomic E-state index is 0. The minimum atomic E-state index is -0.810. The highest BCUT2D eigenvalue weighted by atomic mass is 35.5. The fraction of sp³-hybridized carbons (Fsp3) is 0.500. The molecular formula is C12H19Cl2N3O2. The number of nitrogens with zero attached hydrogens (tertiary/aromatic N) is 1. The van der Waals surface area contributed by atoms with Crippen LogP contribution in [0.15, 0.2) is 18.3 Å². The van der Waals surface area contributed by atoms with E-state index in [4.69, 9.17) is 10.5 Å². The van der Waals surface area contributed by atoms with Crippen LogP contribution in [-0.4, -0.2) is 29.6 Å². The van der Waals surface area contributed by atoms with Crippen molar-refractivity contribution in [2.75, 3.05) is 18.5 Å². The van der Waals surface area contributed by atoms with Crippen molar-refractivity contribution in [1.82, 2.24) is 4.98 Å². The molecule has 19 heavy (non-hydrogen) atoms. The monoisotopic (exact) mass is 307 g/mol. The van der Waals surface area contributed by atoms with Gasteiger partial charge in [-0.05, 0) is 31.9 Å². The zero-order valence-corrected chi connectivity index (χ0v) is 12.4. The highest BCUT2D eigenvalue weighted by molar-refractivity contribution is 5.98. The van der Waals surface area contributed by atoms with E-state index in [0.717, 1.165) is 11.4 Å². The molecule has 3 N–H and O–H groups in total. The predicted molar refractivity (Wildman–Crippen MR) is 79.1 cm³/mol. The first-order chi connectivity index (χ1) is 8.10. The molecule has 1 aliphatic heterocycles. The van der Waals surface area contributed by atoms with E-state index in [1.165, 1.54) is 0 Å². The predicted octanol–water partition coefficient (Wildman–Crippen LogP) is 1.68. The first kappa shape index (κ1) is 18.1. The minimum Gasteiger partial charge on any atom is -0.381 e. The molecule has 0 saturated carbocycles. The van der Waals surface area contributed by atoms with Crippen molar-refractivity contribution >= 4 is 36.4 Å². The summed E-state index contributed by atoms with van der Waals surface area (Å²) in [6, 6.07) is 3.58. The average Bonchev–Trinajstić information content (AvgIpc) is 2.30. The molecule has 7 heteroatoms. The van der Waals surface area contributed by atoms with Crippen LogP contribution in [0.25, 0.3) is 0 Å². The molecule has 0 unspecified atom stereocenters. The molecule has 2 rings (SSSR count). The van der Waals surface area contributed by atoms with Gasteiger partial charge in [0.15, 0.2) is 0 Å². The lowest BCUT2D eigenvalue weighted by atomic mass is 9.90. The molecule has 1 aromatic heterocycles. The van der Waals surface area contributed by atoms with Gasteiger partial charge in [-0.2, -0.15) is 0 Å². The largest absolute Gasteiger partial charge is 0.381 e. The van der Waals surface area contributed by atoms with E-state index in [0.29, 0.717) is 26.1 Å². The van der Waals surface area contributed by atoms with Gasteiger partial charge in [-0.3, -0.25) is 9.78 Å². The lowest BCUT2D eigenvalue weighted by molar-refractivity contribution is -0.124. The summed E-state index contributed by atoms with van der Waals surface area (Å²) >= 11 is 0. The second-order valence-electron chi connectivity index (χ2n) is 4.41. The molecule has 0 bridgehead atoms. The zero-order chi connectivity index (χ0) is 12.3. The average molecular weight is 308 g/mol. The van der Waals surface area contributed by atoms with Crippen LogP contribution >= 0.6 is 24.8 Å². The summed E-state index contributed by atoms with van der Waals surface area (Å²) < 4.78 is 5.21. The number of amides is 1. The Kier molecular flexibility index (Phi) is 7.29. The van der Waals surface area contributed by atoms with Crippen molar-refractivity contribution in [2.45, 2.75) is 25.3 Å². The lowest BCUT2D eigenvalue weighted by Gasteiger charge is -2.31. The number of nitrogens with one attached hydrogen (secondary N) is 1. The number of pyridine rings is 1. The van der Waals surface area contributed by atoms with Crippen LogP contribution in [0.4, 0.5) is 5.69 Å². The summed E-state index contributed by atoms with van der Waals surface area (Å²) in [5.41, 5.74) is 6.87. The van der Waals surface area contributed by atoms with Gasteiger partial charge in [0.1, 0.15) is 5.54 Å². The maximum Gasteiger partial charge on any atom is 0.244 e. The van der Waals surface area contributed by atoms with Gasteiger partial charge in [-0.1, -0.05) is 0 Å². The fourth-order valence-electron chi connectivity index (χ4n) is 1.84. The standard InChI is InChI=1S/C12H17N3O2.2ClH/c1-9-8-10(2-5-14-9)15-11(16)12(13)3-6-17-7-4-12;;/h2,5,8H,3-4,6-7,13H2,1H3,(H,14,15,16);2*1H. The first-order valence-corrected chi connectivity index (χ1v) is 5.71. The van der Waals surface area contributed by atoms with Gasteiger partial charge in [0.2, 0.25) is 5.91 Å². The summed E-state index contributed by atoms with van der Waals surface area (Å²) in [6.07, 6.45) is 2.78. The Morgan fingerprint density at radius 2 is 2.05 bits per heavy atom. The topological polar surface area (TPSA) is 77.2 Å². The van der Waals surface area contributed by atoms with Gasteiger partial charge in [-0.25, -0.2) is 0 Å². The summed E-state index contributed by atoms with van der Waals surface area (Å²) in [5, 5.41) is 2.83. The van der Waals surface area contributed by atoms with E-state index in [2.05, 4.69) is 10.3 Å². The number of rotatable bonds is 2. The summed E-state index contributed by atoms with van der Waals surface area (Å²) in [5.74, 6) is -0.147. The molecule has 0 radical (unpaired) electrons. The molecule has 5 nitrogen and oxygen atoms in total. The number of carbonyl (C=O) groups is 1. The van der Waals surface area contributed by atoms with Gasteiger partial charge >= 0.3 is 0 Å². The molecule has 1 aromatic rings. The van der Waals surface area contributed by atoms with Crippen molar-refractivity contribution in [3.05, 3.63) is 24.0 Å². The second kappa shape index (κ2) is 7.65. The van der Waals surface area contributed by atoms with E-state index >= 15 is 0 Å². The Balaban J connectivity index is 0.00000162. The molecule has 1 aliphatic rings. The Labute approximate surface area is 125 Å². The first-order valence-electron chi connectivity index (χ1n) is 5.71. The number of aromatic nitrogens is 1. The highest BCUT2D eigenvalue weighted by Crippen LogP contribution is 2.20. The summed E-state index contributed by atoms with van der Waals surface area (Å²) in [7, 11) is 0. The fourth-order valence-corrected chi connectivity index (χ4v) is 1.84. The maximum atomic E-state index is 12.1. The number of carbonyl (C=O) groups excluding carboxylic acids is 1. The molecule has 2 heterocycles. The number of nitrogens with two attached hydrogens (primary N) is 1. The van der Waals surface area contributed by atoms with Crippen LogP contribution in [0.1, 0.15) is 18.5 Å². The van der Waals surface area contributed by atoms with E-state index in [-0.39, 0.29) is 30.7 Å². The normalized spacial score (nSPS) is 16.7. The quantitative estimate of drug-likeness (QED) is 0.871. The third-order valence-corrected chi connectivity index (χ3v) is 2.99. The van der Waals surface area contributed by atoms with Crippen LogP contribution in [0.2, 0.25) is 0 Å². The van der Waals surface area contributed by atoms with Crippen LogP contribution in [-0.2, 0) is 9.53 Å². The molecule has 0 atom stereocenters. The van der Waals surface area contributed by atoms with Crippen molar-refractivity contribution in [2.24, 2.45) is 5.73 Å². The Hall–Kier alpha value is -0.880. The smallest absolute Gasteiger partial charge is 0.244 e. The number of ether oxygens (including phenoxy) is 1. The van der Waals surface area contributed by atoms with Gasteiger partial charge in [0.25, 0.3) is 0 Å². The highest BCUT2D eigenvalue weighted by Gasteiger charge is 2.35. The number of halogens is 2. The molecule has 108 valence electrons. The number of hydrogen-bond acceptors (Lipinski definition) is 4. The van der Waals surface area contributed by atoms with Crippen molar-refractivity contribution in [3.63, 3.8) is 0 Å². The van der Waals surface area contributed by atoms with Crippen LogP contribution < -0.4 is 11.1 Å². The Bertz CT molecular complexity index is 423. The maximum absolute atomic E-state index is 12.1. The molecule has 0 aliphatic carbocycles. The van der Waals surface area contributed by atoms with E-state index in [1.807, 2.05) is 13.0 Å². The number of hydrogen-bond donors (Lipinski definition) is 2. The Morgan fingerprint density at radius 3 is 2.63 bits per heavy atom. The van der Waals surface area contributed by atoms with Gasteiger partial charge in [0, 0.05) is 30.8 Å². The molecule has 1 amide bonds. The van der Waals surface area contributed by atoms with Crippen molar-refractivity contribution in [3.8, 4) is 0 Å². The molecule has 0 spiro atoms. The van der Waals surface area contributed by atoms with Crippen LogP contribution in [0.5, 0.6) is 0 Å². The number of anilines is 1. The van der Waals surface area contributed by atoms with Gasteiger partial charge in [-0.15, -0.1) is 24.8 Å². The lowest BCUT2D eigenvalue weighted by Crippen LogP contribution is -2.54. The summed E-state index contributed by atoms with van der Waals surface area (Å²) in [4.78, 5) is 16.2. The van der Waals surface area contributed by atoms with Gasteiger partial charge < -0.3 is 15.8 Å². The van der Waals surface area contributed by atoms with E-state index in [9.17, 15) is 4.79 Å².